The molecule has 0 aliphatic rings. The van der Waals surface area contributed by atoms with Crippen molar-refractivity contribution in [2.45, 2.75) is 12.5 Å². The molecule has 6 heteroatoms. The van der Waals surface area contributed by atoms with Gasteiger partial charge in [-0.25, -0.2) is 4.98 Å². The largest absolute Gasteiger partial charge is 0.276 e. The predicted molar refractivity (Wildman–Crippen MR) is 59.1 cm³/mol. The zero-order valence-electron chi connectivity index (χ0n) is 8.42. The highest BCUT2D eigenvalue weighted by molar-refractivity contribution is 7.07. The summed E-state index contributed by atoms with van der Waals surface area (Å²) in [4.78, 5) is 4.24. The molecule has 80 valence electrons. The molecular weight excluding hydrogens is 210 g/mol. The van der Waals surface area contributed by atoms with E-state index >= 15 is 0 Å². The second kappa shape index (κ2) is 4.52. The van der Waals surface area contributed by atoms with Gasteiger partial charge in [-0.15, -0.1) is 11.3 Å². The van der Waals surface area contributed by atoms with Crippen LogP contribution >= 0.6 is 11.3 Å². The number of hydrogen-bond acceptors (Lipinski definition) is 5. The van der Waals surface area contributed by atoms with Gasteiger partial charge in [0.15, 0.2) is 0 Å². The smallest absolute Gasteiger partial charge is 0.0795 e. The topological polar surface area (TPSA) is 68.8 Å². The van der Waals surface area contributed by atoms with Crippen molar-refractivity contribution < 1.29 is 0 Å². The van der Waals surface area contributed by atoms with Crippen molar-refractivity contribution in [3.05, 3.63) is 34.5 Å². The van der Waals surface area contributed by atoms with E-state index in [0.29, 0.717) is 0 Å². The number of nitrogens with two attached hydrogens (primary N) is 1. The molecule has 5 nitrogen and oxygen atoms in total. The first-order valence-corrected chi connectivity index (χ1v) is 5.55. The van der Waals surface area contributed by atoms with Crippen molar-refractivity contribution in [1.82, 2.24) is 20.2 Å². The van der Waals surface area contributed by atoms with Gasteiger partial charge in [-0.05, 0) is 12.0 Å². The van der Waals surface area contributed by atoms with Gasteiger partial charge in [0.25, 0.3) is 0 Å². The summed E-state index contributed by atoms with van der Waals surface area (Å²) in [5, 5.41) is 6.12. The first kappa shape index (κ1) is 10.3. The second-order valence-corrected chi connectivity index (χ2v) is 4.08. The molecule has 2 aromatic heterocycles. The number of aromatic nitrogens is 3. The molecule has 0 saturated heterocycles. The number of hydrogen-bond donors (Lipinski definition) is 2. The van der Waals surface area contributed by atoms with Gasteiger partial charge in [0, 0.05) is 18.6 Å². The highest BCUT2D eigenvalue weighted by atomic mass is 32.1. The molecule has 15 heavy (non-hydrogen) atoms. The Kier molecular flexibility index (Phi) is 3.10. The third-order valence-electron chi connectivity index (χ3n) is 2.21. The van der Waals surface area contributed by atoms with E-state index in [0.717, 1.165) is 17.7 Å². The van der Waals surface area contributed by atoms with E-state index in [1.54, 1.807) is 16.0 Å². The van der Waals surface area contributed by atoms with Gasteiger partial charge < -0.3 is 0 Å². The third kappa shape index (κ3) is 2.41. The zero-order chi connectivity index (χ0) is 10.7. The fourth-order valence-corrected chi connectivity index (χ4v) is 2.06. The van der Waals surface area contributed by atoms with Gasteiger partial charge in [0.1, 0.15) is 0 Å². The van der Waals surface area contributed by atoms with Crippen molar-refractivity contribution >= 4 is 11.3 Å². The fraction of sp³-hybridized carbons (Fsp3) is 0.333. The third-order valence-corrected chi connectivity index (χ3v) is 2.81. The summed E-state index contributed by atoms with van der Waals surface area (Å²) >= 11 is 1.57. The summed E-state index contributed by atoms with van der Waals surface area (Å²) in [6.07, 6.45) is 4.63. The Bertz CT molecular complexity index is 408. The minimum Gasteiger partial charge on any atom is -0.276 e. The molecule has 0 amide bonds. The van der Waals surface area contributed by atoms with Crippen molar-refractivity contribution in [2.75, 3.05) is 0 Å². The fourth-order valence-electron chi connectivity index (χ4n) is 1.46. The van der Waals surface area contributed by atoms with Crippen LogP contribution in [-0.2, 0) is 13.5 Å². The Labute approximate surface area is 91.9 Å². The highest BCUT2D eigenvalue weighted by Gasteiger charge is 2.13. The Balaban J connectivity index is 2.09. The Morgan fingerprint density at radius 1 is 1.67 bits per heavy atom. The SMILES string of the molecule is Cn1cc(CC(NN)c2cscn2)cn1. The van der Waals surface area contributed by atoms with Crippen LogP contribution in [0.15, 0.2) is 23.3 Å². The Morgan fingerprint density at radius 2 is 2.53 bits per heavy atom. The quantitative estimate of drug-likeness (QED) is 0.589. The summed E-state index contributed by atoms with van der Waals surface area (Å²) in [5.41, 5.74) is 6.70. The van der Waals surface area contributed by atoms with Crippen molar-refractivity contribution in [2.24, 2.45) is 12.9 Å². The number of hydrazine groups is 1. The molecule has 0 saturated carbocycles. The molecular formula is C9H13N5S. The van der Waals surface area contributed by atoms with Crippen molar-refractivity contribution in [3.63, 3.8) is 0 Å². The first-order valence-electron chi connectivity index (χ1n) is 4.61. The molecule has 0 bridgehead atoms. The monoisotopic (exact) mass is 223 g/mol. The summed E-state index contributed by atoms with van der Waals surface area (Å²) < 4.78 is 1.78. The van der Waals surface area contributed by atoms with E-state index in [9.17, 15) is 0 Å². The van der Waals surface area contributed by atoms with Crippen LogP contribution in [0.25, 0.3) is 0 Å². The van der Waals surface area contributed by atoms with Gasteiger partial charge in [-0.1, -0.05) is 0 Å². The summed E-state index contributed by atoms with van der Waals surface area (Å²) in [7, 11) is 1.90. The Hall–Kier alpha value is -1.24. The lowest BCUT2D eigenvalue weighted by atomic mass is 10.1. The van der Waals surface area contributed by atoms with Crippen LogP contribution in [0.5, 0.6) is 0 Å². The van der Waals surface area contributed by atoms with Gasteiger partial charge in [-0.3, -0.25) is 16.0 Å². The maximum absolute atomic E-state index is 5.51. The van der Waals surface area contributed by atoms with E-state index < -0.39 is 0 Å². The average Bonchev–Trinajstić information content (AvgIpc) is 2.85. The molecule has 0 aliphatic carbocycles. The minimum absolute atomic E-state index is 0.0560. The number of nitrogens with zero attached hydrogens (tertiary/aromatic N) is 3. The van der Waals surface area contributed by atoms with E-state index in [-0.39, 0.29) is 6.04 Å². The maximum Gasteiger partial charge on any atom is 0.0795 e. The predicted octanol–water partition coefficient (Wildman–Crippen LogP) is 0.624. The van der Waals surface area contributed by atoms with Gasteiger partial charge in [0.05, 0.1) is 23.4 Å². The lowest BCUT2D eigenvalue weighted by Crippen LogP contribution is -2.29. The van der Waals surface area contributed by atoms with Gasteiger partial charge >= 0.3 is 0 Å². The van der Waals surface area contributed by atoms with Crippen LogP contribution in [0.4, 0.5) is 0 Å². The van der Waals surface area contributed by atoms with Crippen molar-refractivity contribution in [3.8, 4) is 0 Å². The lowest BCUT2D eigenvalue weighted by molar-refractivity contribution is 0.541. The lowest BCUT2D eigenvalue weighted by Gasteiger charge is -2.11. The van der Waals surface area contributed by atoms with E-state index in [4.69, 9.17) is 5.84 Å². The molecule has 3 N–H and O–H groups in total. The van der Waals surface area contributed by atoms with Crippen LogP contribution in [0, 0.1) is 0 Å². The van der Waals surface area contributed by atoms with E-state index in [1.807, 2.05) is 30.3 Å². The number of rotatable bonds is 4. The average molecular weight is 223 g/mol. The number of nitrogens with one attached hydrogen (secondary N) is 1. The van der Waals surface area contributed by atoms with Crippen LogP contribution in [0.2, 0.25) is 0 Å². The molecule has 0 aromatic carbocycles. The van der Waals surface area contributed by atoms with E-state index in [2.05, 4.69) is 15.5 Å². The normalized spacial score (nSPS) is 12.9. The zero-order valence-corrected chi connectivity index (χ0v) is 9.24. The molecule has 0 radical (unpaired) electrons. The molecule has 0 fully saturated rings. The van der Waals surface area contributed by atoms with Crippen LogP contribution in [0.3, 0.4) is 0 Å². The second-order valence-electron chi connectivity index (χ2n) is 3.36. The standard InChI is InChI=1S/C9H13N5S/c1-14-4-7(3-12-14)2-8(13-10)9-5-15-6-11-9/h3-6,8,13H,2,10H2,1H3. The number of aryl methyl sites for hydroxylation is 1. The number of thiazole rings is 1. The molecule has 1 atom stereocenters. The highest BCUT2D eigenvalue weighted by Crippen LogP contribution is 2.16. The van der Waals surface area contributed by atoms with Gasteiger partial charge in [0.2, 0.25) is 0 Å². The first-order chi connectivity index (χ1) is 7.29. The minimum atomic E-state index is 0.0560. The molecule has 1 unspecified atom stereocenters. The summed E-state index contributed by atoms with van der Waals surface area (Å²) in [6.45, 7) is 0. The summed E-state index contributed by atoms with van der Waals surface area (Å²) in [6, 6.07) is 0.0560. The van der Waals surface area contributed by atoms with Crippen LogP contribution < -0.4 is 11.3 Å². The van der Waals surface area contributed by atoms with Gasteiger partial charge in [-0.2, -0.15) is 5.10 Å². The molecule has 2 rings (SSSR count). The molecule has 2 aromatic rings. The summed E-state index contributed by atoms with van der Waals surface area (Å²) in [5.74, 6) is 5.51. The Morgan fingerprint density at radius 3 is 3.07 bits per heavy atom. The van der Waals surface area contributed by atoms with Crippen LogP contribution in [0.1, 0.15) is 17.3 Å². The van der Waals surface area contributed by atoms with E-state index in [1.165, 1.54) is 0 Å². The molecule has 0 aliphatic heterocycles. The molecule has 0 spiro atoms. The molecule has 2 heterocycles. The van der Waals surface area contributed by atoms with Crippen molar-refractivity contribution in [1.29, 1.82) is 0 Å². The van der Waals surface area contributed by atoms with Crippen LogP contribution in [-0.4, -0.2) is 14.8 Å². The maximum atomic E-state index is 5.51.